The normalized spacial score (nSPS) is 17.9. The second-order valence-electron chi connectivity index (χ2n) is 7.02. The number of hydrogen-bond acceptors (Lipinski definition) is 6. The summed E-state index contributed by atoms with van der Waals surface area (Å²) in [5, 5.41) is 4.23. The van der Waals surface area contributed by atoms with Gasteiger partial charge in [0.25, 0.3) is 0 Å². The molecule has 0 unspecified atom stereocenters. The van der Waals surface area contributed by atoms with E-state index in [4.69, 9.17) is 14.3 Å². The lowest BCUT2D eigenvalue weighted by atomic mass is 10.1. The first-order valence-electron chi connectivity index (χ1n) is 9.68. The number of benzene rings is 2. The van der Waals surface area contributed by atoms with E-state index >= 15 is 0 Å². The summed E-state index contributed by atoms with van der Waals surface area (Å²) < 4.78 is 10.4. The van der Waals surface area contributed by atoms with Gasteiger partial charge in [-0.15, -0.1) is 0 Å². The maximum atomic E-state index is 12.4. The fourth-order valence-electron chi connectivity index (χ4n) is 3.41. The van der Waals surface area contributed by atoms with Crippen LogP contribution in [0.15, 0.2) is 78.1 Å². The fraction of sp³-hybridized carbons (Fsp3) is 0.208. The molecule has 0 radical (unpaired) electrons. The molecule has 0 amide bonds. The minimum atomic E-state index is -0.521. The summed E-state index contributed by atoms with van der Waals surface area (Å²) in [6.45, 7) is 0. The summed E-state index contributed by atoms with van der Waals surface area (Å²) in [7, 11) is 3.23. The van der Waals surface area contributed by atoms with E-state index in [1.807, 2.05) is 30.3 Å². The van der Waals surface area contributed by atoms with Gasteiger partial charge in [0.05, 0.1) is 25.5 Å². The highest BCUT2D eigenvalue weighted by molar-refractivity contribution is 6.03. The van der Waals surface area contributed by atoms with Gasteiger partial charge < -0.3 is 14.3 Å². The molecule has 1 aliphatic carbocycles. The first-order valence-corrected chi connectivity index (χ1v) is 9.68. The average molecular weight is 402 g/mol. The van der Waals surface area contributed by atoms with E-state index in [-0.39, 0.29) is 5.92 Å². The molecule has 0 bridgehead atoms. The Labute approximate surface area is 175 Å². The van der Waals surface area contributed by atoms with Crippen molar-refractivity contribution in [1.29, 1.82) is 0 Å². The summed E-state index contributed by atoms with van der Waals surface area (Å²) in [6.07, 6.45) is 2.63. The quantitative estimate of drug-likeness (QED) is 0.331. The Morgan fingerprint density at radius 1 is 0.933 bits per heavy atom. The third kappa shape index (κ3) is 4.33. The smallest absolute Gasteiger partial charge is 0.365 e. The van der Waals surface area contributed by atoms with Crippen LogP contribution < -0.4 is 9.47 Å². The number of carbonyl (C=O) groups excluding carboxylic acids is 1. The van der Waals surface area contributed by atoms with Gasteiger partial charge in [0.1, 0.15) is 17.2 Å². The van der Waals surface area contributed by atoms with Crippen molar-refractivity contribution in [2.75, 3.05) is 14.2 Å². The number of ether oxygens (including phenoxy) is 2. The summed E-state index contributed by atoms with van der Waals surface area (Å²) in [4.78, 5) is 22.1. The van der Waals surface area contributed by atoms with Crippen LogP contribution in [0.2, 0.25) is 0 Å². The SMILES string of the molecule is COc1ccc(C(=O)O/N=C(/c2ccccn2)[C@H]2C[C@H]2c2ccc(OC)cc2)cc1. The Kier molecular flexibility index (Phi) is 5.75. The zero-order valence-corrected chi connectivity index (χ0v) is 16.8. The molecular weight excluding hydrogens is 380 g/mol. The van der Waals surface area contributed by atoms with Crippen LogP contribution in [0, 0.1) is 5.92 Å². The van der Waals surface area contributed by atoms with Crippen molar-refractivity contribution < 1.29 is 19.1 Å². The van der Waals surface area contributed by atoms with Crippen LogP contribution in [0.25, 0.3) is 0 Å². The summed E-state index contributed by atoms with van der Waals surface area (Å²) >= 11 is 0. The van der Waals surface area contributed by atoms with Crippen LogP contribution in [0.5, 0.6) is 11.5 Å². The molecule has 1 fully saturated rings. The second-order valence-corrected chi connectivity index (χ2v) is 7.02. The molecule has 4 rings (SSSR count). The van der Waals surface area contributed by atoms with Crippen LogP contribution in [0.3, 0.4) is 0 Å². The van der Waals surface area contributed by atoms with Gasteiger partial charge in [-0.3, -0.25) is 4.98 Å². The maximum absolute atomic E-state index is 12.4. The van der Waals surface area contributed by atoms with E-state index in [1.165, 1.54) is 5.56 Å². The van der Waals surface area contributed by atoms with E-state index in [0.717, 1.165) is 12.2 Å². The summed E-state index contributed by atoms with van der Waals surface area (Å²) in [5.74, 6) is 1.41. The molecule has 3 aromatic rings. The van der Waals surface area contributed by atoms with E-state index in [0.29, 0.717) is 28.6 Å². The Balaban J connectivity index is 1.54. The lowest BCUT2D eigenvalue weighted by Gasteiger charge is -2.07. The van der Waals surface area contributed by atoms with Crippen molar-refractivity contribution in [3.63, 3.8) is 0 Å². The largest absolute Gasteiger partial charge is 0.497 e. The number of carbonyl (C=O) groups is 1. The number of rotatable bonds is 7. The van der Waals surface area contributed by atoms with Gasteiger partial charge in [-0.05, 0) is 66.4 Å². The van der Waals surface area contributed by atoms with Crippen molar-refractivity contribution in [2.24, 2.45) is 11.1 Å². The van der Waals surface area contributed by atoms with Gasteiger partial charge in [0.2, 0.25) is 0 Å². The number of pyridine rings is 1. The number of hydrogen-bond donors (Lipinski definition) is 0. The molecule has 6 heteroatoms. The fourth-order valence-corrected chi connectivity index (χ4v) is 3.41. The zero-order chi connectivity index (χ0) is 20.9. The minimum Gasteiger partial charge on any atom is -0.497 e. The minimum absolute atomic E-state index is 0.136. The van der Waals surface area contributed by atoms with Gasteiger partial charge in [0, 0.05) is 12.1 Å². The molecule has 2 aromatic carbocycles. The van der Waals surface area contributed by atoms with Crippen LogP contribution >= 0.6 is 0 Å². The molecule has 30 heavy (non-hydrogen) atoms. The van der Waals surface area contributed by atoms with E-state index in [1.54, 1.807) is 44.7 Å². The molecule has 2 atom stereocenters. The molecule has 1 aliphatic rings. The molecule has 1 aromatic heterocycles. The van der Waals surface area contributed by atoms with Crippen molar-refractivity contribution in [2.45, 2.75) is 12.3 Å². The van der Waals surface area contributed by atoms with E-state index in [2.05, 4.69) is 22.3 Å². The van der Waals surface area contributed by atoms with Crippen LogP contribution in [0.4, 0.5) is 0 Å². The second kappa shape index (κ2) is 8.78. The van der Waals surface area contributed by atoms with Crippen LogP contribution in [-0.2, 0) is 4.84 Å². The third-order valence-electron chi connectivity index (χ3n) is 5.17. The van der Waals surface area contributed by atoms with Gasteiger partial charge >= 0.3 is 5.97 Å². The molecular formula is C24H22N2O4. The standard InChI is InChI=1S/C24H22N2O4/c1-28-18-10-6-16(7-11-18)20-15-21(20)23(22-5-3-4-14-25-22)26-30-24(27)17-8-12-19(29-2)13-9-17/h3-14,20-21H,15H2,1-2H3/b26-23+/t20-,21-/m0/s1. The van der Waals surface area contributed by atoms with Crippen LogP contribution in [-0.4, -0.2) is 30.9 Å². The molecule has 6 nitrogen and oxygen atoms in total. The van der Waals surface area contributed by atoms with Gasteiger partial charge in [-0.25, -0.2) is 4.79 Å². The zero-order valence-electron chi connectivity index (χ0n) is 16.8. The van der Waals surface area contributed by atoms with Crippen molar-refractivity contribution >= 4 is 11.7 Å². The van der Waals surface area contributed by atoms with Crippen molar-refractivity contribution in [1.82, 2.24) is 4.98 Å². The first kappa shape index (κ1) is 19.6. The molecule has 0 N–H and O–H groups in total. The van der Waals surface area contributed by atoms with Gasteiger partial charge in [-0.1, -0.05) is 23.4 Å². The first-order chi connectivity index (χ1) is 14.7. The number of nitrogens with zero attached hydrogens (tertiary/aromatic N) is 2. The van der Waals surface area contributed by atoms with Crippen LogP contribution in [0.1, 0.15) is 34.0 Å². The molecule has 1 heterocycles. The highest BCUT2D eigenvalue weighted by atomic mass is 16.7. The predicted octanol–water partition coefficient (Wildman–Crippen LogP) is 4.46. The lowest BCUT2D eigenvalue weighted by Crippen LogP contribution is -2.11. The highest BCUT2D eigenvalue weighted by Gasteiger charge is 2.43. The maximum Gasteiger partial charge on any atom is 0.365 e. The lowest BCUT2D eigenvalue weighted by molar-refractivity contribution is 0.0515. The number of aromatic nitrogens is 1. The highest BCUT2D eigenvalue weighted by Crippen LogP contribution is 2.49. The monoisotopic (exact) mass is 402 g/mol. The predicted molar refractivity (Wildman–Crippen MR) is 113 cm³/mol. The molecule has 1 saturated carbocycles. The van der Waals surface area contributed by atoms with E-state index < -0.39 is 5.97 Å². The Hall–Kier alpha value is -3.67. The van der Waals surface area contributed by atoms with Crippen molar-refractivity contribution in [3.05, 3.63) is 89.7 Å². The topological polar surface area (TPSA) is 70.0 Å². The van der Waals surface area contributed by atoms with Gasteiger partial charge in [-0.2, -0.15) is 0 Å². The number of oxime groups is 1. The molecule has 0 saturated heterocycles. The Morgan fingerprint density at radius 3 is 2.20 bits per heavy atom. The Bertz CT molecular complexity index is 1030. The number of methoxy groups -OCH3 is 2. The molecule has 152 valence electrons. The molecule has 0 spiro atoms. The third-order valence-corrected chi connectivity index (χ3v) is 5.17. The Morgan fingerprint density at radius 2 is 1.60 bits per heavy atom. The average Bonchev–Trinajstić information content (AvgIpc) is 3.60. The molecule has 0 aliphatic heterocycles. The van der Waals surface area contributed by atoms with Gasteiger partial charge in [0.15, 0.2) is 0 Å². The summed E-state index contributed by atoms with van der Waals surface area (Å²) in [5.41, 5.74) is 2.99. The van der Waals surface area contributed by atoms with Crippen molar-refractivity contribution in [3.8, 4) is 11.5 Å². The summed E-state index contributed by atoms with van der Waals surface area (Å²) in [6, 6.07) is 20.4. The van der Waals surface area contributed by atoms with E-state index in [9.17, 15) is 4.79 Å².